The lowest BCUT2D eigenvalue weighted by atomic mass is 10.1. The van der Waals surface area contributed by atoms with Crippen LogP contribution >= 0.6 is 0 Å². The SMILES string of the molecule is Cc1c(C(=O)NNC(=O)COc2ccc3oc4ccccc4c3c2)oc2ccccc12. The first-order valence-corrected chi connectivity index (χ1v) is 9.71. The number of aryl methyl sites for hydroxylation is 1. The van der Waals surface area contributed by atoms with Crippen LogP contribution in [0.3, 0.4) is 0 Å². The molecule has 5 rings (SSSR count). The molecule has 154 valence electrons. The number of hydrogen-bond acceptors (Lipinski definition) is 5. The standard InChI is InChI=1S/C24H18N2O5/c1-14-16-6-2-4-8-19(16)31-23(14)24(28)26-25-22(27)13-29-15-10-11-21-18(12-15)17-7-3-5-9-20(17)30-21/h2-12H,13H2,1H3,(H,25,27)(H,26,28). The van der Waals surface area contributed by atoms with Gasteiger partial charge in [-0.1, -0.05) is 36.4 Å². The largest absolute Gasteiger partial charge is 0.484 e. The Labute approximate surface area is 176 Å². The smallest absolute Gasteiger partial charge is 0.305 e. The fourth-order valence-corrected chi connectivity index (χ4v) is 3.55. The number of nitrogens with one attached hydrogen (secondary N) is 2. The minimum Gasteiger partial charge on any atom is -0.484 e. The van der Waals surface area contributed by atoms with Crippen molar-refractivity contribution in [2.75, 3.05) is 6.61 Å². The normalized spacial score (nSPS) is 11.1. The molecule has 2 heterocycles. The summed E-state index contributed by atoms with van der Waals surface area (Å²) in [5, 5.41) is 2.73. The van der Waals surface area contributed by atoms with Gasteiger partial charge in [-0.2, -0.15) is 0 Å². The average Bonchev–Trinajstić information content (AvgIpc) is 3.34. The summed E-state index contributed by atoms with van der Waals surface area (Å²) < 4.78 is 16.9. The van der Waals surface area contributed by atoms with Gasteiger partial charge >= 0.3 is 5.91 Å². The fraction of sp³-hybridized carbons (Fsp3) is 0.0833. The van der Waals surface area contributed by atoms with Crippen molar-refractivity contribution < 1.29 is 23.2 Å². The molecule has 2 amide bonds. The van der Waals surface area contributed by atoms with Gasteiger partial charge in [0.25, 0.3) is 5.91 Å². The van der Waals surface area contributed by atoms with E-state index in [1.54, 1.807) is 25.1 Å². The highest BCUT2D eigenvalue weighted by atomic mass is 16.5. The van der Waals surface area contributed by atoms with Crippen molar-refractivity contribution in [3.05, 3.63) is 78.1 Å². The minimum atomic E-state index is -0.534. The summed E-state index contributed by atoms with van der Waals surface area (Å²) >= 11 is 0. The summed E-state index contributed by atoms with van der Waals surface area (Å²) in [7, 11) is 0. The zero-order valence-electron chi connectivity index (χ0n) is 16.6. The van der Waals surface area contributed by atoms with E-state index in [9.17, 15) is 9.59 Å². The van der Waals surface area contributed by atoms with Gasteiger partial charge in [-0.05, 0) is 37.3 Å². The minimum absolute atomic E-state index is 0.153. The van der Waals surface area contributed by atoms with E-state index >= 15 is 0 Å². The van der Waals surface area contributed by atoms with Crippen LogP contribution in [0.2, 0.25) is 0 Å². The molecule has 0 aliphatic carbocycles. The first-order chi connectivity index (χ1) is 15.1. The Morgan fingerprint density at radius 2 is 1.48 bits per heavy atom. The number of carbonyl (C=O) groups is 2. The maximum absolute atomic E-state index is 12.4. The molecule has 0 fully saturated rings. The second kappa shape index (κ2) is 7.53. The molecule has 0 unspecified atom stereocenters. The third kappa shape index (κ3) is 3.46. The Morgan fingerprint density at radius 3 is 2.26 bits per heavy atom. The molecule has 0 saturated carbocycles. The van der Waals surface area contributed by atoms with E-state index in [0.717, 1.165) is 27.3 Å². The first-order valence-electron chi connectivity index (χ1n) is 9.71. The number of ether oxygens (including phenoxy) is 1. The number of rotatable bonds is 4. The van der Waals surface area contributed by atoms with Gasteiger partial charge in [-0.25, -0.2) is 0 Å². The molecule has 0 spiro atoms. The number of hydrogen-bond donors (Lipinski definition) is 2. The highest BCUT2D eigenvalue weighted by Gasteiger charge is 2.18. The lowest BCUT2D eigenvalue weighted by Gasteiger charge is -2.08. The van der Waals surface area contributed by atoms with E-state index in [2.05, 4.69) is 10.9 Å². The second-order valence-electron chi connectivity index (χ2n) is 7.10. The van der Waals surface area contributed by atoms with Crippen molar-refractivity contribution in [3.63, 3.8) is 0 Å². The van der Waals surface area contributed by atoms with Crippen LogP contribution < -0.4 is 15.6 Å². The van der Waals surface area contributed by atoms with Gasteiger partial charge < -0.3 is 13.6 Å². The van der Waals surface area contributed by atoms with Gasteiger partial charge in [0.2, 0.25) is 0 Å². The Kier molecular flexibility index (Phi) is 4.55. The zero-order valence-corrected chi connectivity index (χ0v) is 16.6. The van der Waals surface area contributed by atoms with Gasteiger partial charge in [0.1, 0.15) is 22.5 Å². The van der Waals surface area contributed by atoms with E-state index in [1.165, 1.54) is 0 Å². The van der Waals surface area contributed by atoms with Crippen molar-refractivity contribution in [3.8, 4) is 5.75 Å². The van der Waals surface area contributed by atoms with Crippen LogP contribution in [-0.4, -0.2) is 18.4 Å². The van der Waals surface area contributed by atoms with Crippen LogP contribution in [0, 0.1) is 6.92 Å². The summed E-state index contributed by atoms with van der Waals surface area (Å²) in [6.45, 7) is 1.53. The first kappa shape index (κ1) is 18.7. The Morgan fingerprint density at radius 1 is 0.806 bits per heavy atom. The molecule has 0 aliphatic rings. The molecule has 0 atom stereocenters. The summed E-state index contributed by atoms with van der Waals surface area (Å²) in [6, 6.07) is 20.4. The molecule has 31 heavy (non-hydrogen) atoms. The predicted molar refractivity (Wildman–Crippen MR) is 116 cm³/mol. The molecule has 0 bridgehead atoms. The summed E-state index contributed by atoms with van der Waals surface area (Å²) in [5.41, 5.74) is 7.55. The van der Waals surface area contributed by atoms with Gasteiger partial charge in [-0.15, -0.1) is 0 Å². The van der Waals surface area contributed by atoms with Gasteiger partial charge in [0.05, 0.1) is 0 Å². The third-order valence-corrected chi connectivity index (χ3v) is 5.08. The fourth-order valence-electron chi connectivity index (χ4n) is 3.55. The van der Waals surface area contributed by atoms with Crippen molar-refractivity contribution in [1.82, 2.24) is 10.9 Å². The van der Waals surface area contributed by atoms with Crippen molar-refractivity contribution in [1.29, 1.82) is 0 Å². The Hall–Kier alpha value is -4.26. The topological polar surface area (TPSA) is 93.7 Å². The second-order valence-corrected chi connectivity index (χ2v) is 7.10. The number of fused-ring (bicyclic) bond motifs is 4. The van der Waals surface area contributed by atoms with Crippen LogP contribution in [0.1, 0.15) is 16.1 Å². The quantitative estimate of drug-likeness (QED) is 0.423. The van der Waals surface area contributed by atoms with Crippen molar-refractivity contribution in [2.45, 2.75) is 6.92 Å². The van der Waals surface area contributed by atoms with E-state index in [0.29, 0.717) is 16.9 Å². The van der Waals surface area contributed by atoms with Gasteiger partial charge in [0.15, 0.2) is 12.4 Å². The number of carbonyl (C=O) groups excluding carboxylic acids is 2. The molecule has 0 aliphatic heterocycles. The van der Waals surface area contributed by atoms with Crippen molar-refractivity contribution >= 4 is 44.7 Å². The monoisotopic (exact) mass is 414 g/mol. The molecule has 3 aromatic carbocycles. The highest BCUT2D eigenvalue weighted by molar-refractivity contribution is 6.05. The van der Waals surface area contributed by atoms with E-state index in [-0.39, 0.29) is 12.4 Å². The van der Waals surface area contributed by atoms with Crippen LogP contribution in [0.15, 0.2) is 75.6 Å². The zero-order chi connectivity index (χ0) is 21.4. The lowest BCUT2D eigenvalue weighted by Crippen LogP contribution is -2.43. The molecule has 5 aromatic rings. The maximum atomic E-state index is 12.4. The van der Waals surface area contributed by atoms with Crippen LogP contribution in [-0.2, 0) is 4.79 Å². The molecular formula is C24H18N2O5. The van der Waals surface area contributed by atoms with Crippen LogP contribution in [0.25, 0.3) is 32.9 Å². The Balaban J connectivity index is 1.22. The van der Waals surface area contributed by atoms with Crippen molar-refractivity contribution in [2.24, 2.45) is 0 Å². The molecular weight excluding hydrogens is 396 g/mol. The van der Waals surface area contributed by atoms with E-state index in [4.69, 9.17) is 13.6 Å². The molecule has 7 heteroatoms. The molecule has 0 radical (unpaired) electrons. The third-order valence-electron chi connectivity index (χ3n) is 5.08. The number of amides is 2. The van der Waals surface area contributed by atoms with Crippen LogP contribution in [0.5, 0.6) is 5.75 Å². The van der Waals surface area contributed by atoms with Gasteiger partial charge in [-0.3, -0.25) is 20.4 Å². The Bertz CT molecular complexity index is 1450. The number of hydrazine groups is 1. The predicted octanol–water partition coefficient (Wildman–Crippen LogP) is 4.48. The summed E-state index contributed by atoms with van der Waals surface area (Å²) in [5.74, 6) is -0.360. The highest BCUT2D eigenvalue weighted by Crippen LogP contribution is 2.31. The average molecular weight is 414 g/mol. The maximum Gasteiger partial charge on any atom is 0.305 e. The molecule has 2 N–H and O–H groups in total. The molecule has 2 aromatic heterocycles. The van der Waals surface area contributed by atoms with E-state index in [1.807, 2.05) is 48.5 Å². The number of furan rings is 2. The molecule has 7 nitrogen and oxygen atoms in total. The number of benzene rings is 3. The summed E-state index contributed by atoms with van der Waals surface area (Å²) in [6.07, 6.45) is 0. The van der Waals surface area contributed by atoms with Gasteiger partial charge in [0, 0.05) is 21.7 Å². The summed E-state index contributed by atoms with van der Waals surface area (Å²) in [4.78, 5) is 24.5. The van der Waals surface area contributed by atoms with Crippen LogP contribution in [0.4, 0.5) is 0 Å². The molecule has 0 saturated heterocycles. The number of para-hydroxylation sites is 2. The van der Waals surface area contributed by atoms with E-state index < -0.39 is 11.8 Å². The lowest BCUT2D eigenvalue weighted by molar-refractivity contribution is -0.123.